The Morgan fingerprint density at radius 1 is 1.07 bits per heavy atom. The number of benzene rings is 1. The molecule has 146 valence electrons. The first-order valence-corrected chi connectivity index (χ1v) is 10.4. The molecule has 2 unspecified atom stereocenters. The van der Waals surface area contributed by atoms with Crippen LogP contribution < -0.4 is 5.73 Å². The van der Waals surface area contributed by atoms with Crippen LogP contribution >= 0.6 is 0 Å². The van der Waals surface area contributed by atoms with Crippen molar-refractivity contribution in [3.8, 4) is 6.07 Å². The van der Waals surface area contributed by atoms with E-state index in [4.69, 9.17) is 11.0 Å². The third kappa shape index (κ3) is 5.01. The minimum atomic E-state index is 0.102. The lowest BCUT2D eigenvalue weighted by Crippen LogP contribution is -2.49. The van der Waals surface area contributed by atoms with E-state index in [0.29, 0.717) is 19.0 Å². The summed E-state index contributed by atoms with van der Waals surface area (Å²) in [7, 11) is 0. The van der Waals surface area contributed by atoms with Crippen molar-refractivity contribution in [3.63, 3.8) is 0 Å². The fourth-order valence-corrected chi connectivity index (χ4v) is 4.27. The van der Waals surface area contributed by atoms with Gasteiger partial charge in [-0.3, -0.25) is 0 Å². The summed E-state index contributed by atoms with van der Waals surface area (Å²) in [6, 6.07) is 11.5. The summed E-state index contributed by atoms with van der Waals surface area (Å²) in [4.78, 5) is 16.9. The van der Waals surface area contributed by atoms with Gasteiger partial charge in [-0.05, 0) is 55.6 Å². The second-order valence-corrected chi connectivity index (χ2v) is 8.03. The topological polar surface area (TPSA) is 73.4 Å². The minimum absolute atomic E-state index is 0.102. The zero-order valence-electron chi connectivity index (χ0n) is 16.4. The van der Waals surface area contributed by atoms with Crippen LogP contribution in [0.1, 0.15) is 56.1 Å². The molecule has 27 heavy (non-hydrogen) atoms. The molecule has 0 spiro atoms. The highest BCUT2D eigenvalue weighted by atomic mass is 16.2. The molecule has 0 bridgehead atoms. The van der Waals surface area contributed by atoms with Gasteiger partial charge in [-0.2, -0.15) is 5.26 Å². The van der Waals surface area contributed by atoms with Crippen LogP contribution in [0.3, 0.4) is 0 Å². The van der Waals surface area contributed by atoms with Crippen molar-refractivity contribution in [1.82, 2.24) is 9.80 Å². The lowest BCUT2D eigenvalue weighted by Gasteiger charge is -2.37. The van der Waals surface area contributed by atoms with Crippen molar-refractivity contribution in [1.29, 1.82) is 5.26 Å². The van der Waals surface area contributed by atoms with E-state index in [1.54, 1.807) is 0 Å². The van der Waals surface area contributed by atoms with Crippen molar-refractivity contribution in [3.05, 3.63) is 35.4 Å². The van der Waals surface area contributed by atoms with E-state index in [0.717, 1.165) is 51.6 Å². The second kappa shape index (κ2) is 9.23. The van der Waals surface area contributed by atoms with Crippen LogP contribution in [0.4, 0.5) is 4.79 Å². The summed E-state index contributed by atoms with van der Waals surface area (Å²) in [5.41, 5.74) is 9.07. The third-order valence-corrected chi connectivity index (χ3v) is 6.18. The molecule has 1 aromatic rings. The number of aryl methyl sites for hydroxylation is 1. The van der Waals surface area contributed by atoms with Crippen LogP contribution in [0.25, 0.3) is 0 Å². The molecule has 2 atom stereocenters. The SMILES string of the molecule is CCc1ccc(C2CCN(C(=O)N3CCC(C#N)CC3)CCC(N)C2)cc1. The standard InChI is InChI=1S/C22H32N4O/c1-2-17-3-5-19(6-4-17)20-9-13-26(14-10-21(24)15-20)22(27)25-11-7-18(16-23)8-12-25/h3-6,18,20-21H,2,7-15,24H2,1H3. The van der Waals surface area contributed by atoms with E-state index in [2.05, 4.69) is 37.3 Å². The molecule has 2 aliphatic rings. The number of urea groups is 1. The van der Waals surface area contributed by atoms with E-state index in [1.807, 2.05) is 9.80 Å². The number of hydrogen-bond acceptors (Lipinski definition) is 3. The van der Waals surface area contributed by atoms with Crippen molar-refractivity contribution < 1.29 is 4.79 Å². The summed E-state index contributed by atoms with van der Waals surface area (Å²) in [5, 5.41) is 9.05. The normalized spacial score (nSPS) is 24.8. The molecule has 3 rings (SSSR count). The molecule has 0 radical (unpaired) electrons. The molecule has 2 fully saturated rings. The minimum Gasteiger partial charge on any atom is -0.328 e. The molecular formula is C22H32N4O. The van der Waals surface area contributed by atoms with Crippen molar-refractivity contribution in [2.45, 2.75) is 57.4 Å². The summed E-state index contributed by atoms with van der Waals surface area (Å²) in [6.07, 6.45) is 5.43. The highest BCUT2D eigenvalue weighted by Crippen LogP contribution is 2.28. The Morgan fingerprint density at radius 3 is 2.26 bits per heavy atom. The van der Waals surface area contributed by atoms with Gasteiger partial charge in [0.05, 0.1) is 6.07 Å². The van der Waals surface area contributed by atoms with Crippen molar-refractivity contribution in [2.24, 2.45) is 11.7 Å². The maximum Gasteiger partial charge on any atom is 0.319 e. The van der Waals surface area contributed by atoms with Gasteiger partial charge in [-0.1, -0.05) is 31.2 Å². The van der Waals surface area contributed by atoms with E-state index in [1.165, 1.54) is 11.1 Å². The Labute approximate surface area is 163 Å². The fourth-order valence-electron chi connectivity index (χ4n) is 4.27. The first kappa shape index (κ1) is 19.7. The van der Waals surface area contributed by atoms with Gasteiger partial charge in [0.2, 0.25) is 0 Å². The highest BCUT2D eigenvalue weighted by Gasteiger charge is 2.29. The number of nitriles is 1. The molecule has 5 heteroatoms. The molecular weight excluding hydrogens is 336 g/mol. The first-order chi connectivity index (χ1) is 13.1. The maximum absolute atomic E-state index is 13.0. The van der Waals surface area contributed by atoms with Gasteiger partial charge >= 0.3 is 6.03 Å². The average molecular weight is 369 g/mol. The Hall–Kier alpha value is -2.06. The number of carbonyl (C=O) groups excluding carboxylic acids is 1. The molecule has 2 amide bonds. The quantitative estimate of drug-likeness (QED) is 0.868. The van der Waals surface area contributed by atoms with Crippen LogP contribution in [0.2, 0.25) is 0 Å². The number of piperidine rings is 1. The smallest absolute Gasteiger partial charge is 0.319 e. The van der Waals surface area contributed by atoms with Gasteiger partial charge in [0.1, 0.15) is 0 Å². The van der Waals surface area contributed by atoms with Crippen LogP contribution in [-0.2, 0) is 6.42 Å². The molecule has 0 saturated carbocycles. The number of hydrogen-bond donors (Lipinski definition) is 1. The van der Waals surface area contributed by atoms with Crippen LogP contribution in [0.5, 0.6) is 0 Å². The number of nitrogens with two attached hydrogens (primary N) is 1. The van der Waals surface area contributed by atoms with E-state index in [9.17, 15) is 4.79 Å². The van der Waals surface area contributed by atoms with Crippen molar-refractivity contribution >= 4 is 6.03 Å². The molecule has 1 aromatic carbocycles. The second-order valence-electron chi connectivity index (χ2n) is 8.03. The fraction of sp³-hybridized carbons (Fsp3) is 0.636. The van der Waals surface area contributed by atoms with Crippen LogP contribution in [0.15, 0.2) is 24.3 Å². The monoisotopic (exact) mass is 368 g/mol. The molecule has 2 aliphatic heterocycles. The molecule has 2 heterocycles. The predicted molar refractivity (Wildman–Crippen MR) is 107 cm³/mol. The number of nitrogens with zero attached hydrogens (tertiary/aromatic N) is 3. The third-order valence-electron chi connectivity index (χ3n) is 6.18. The zero-order chi connectivity index (χ0) is 19.2. The number of rotatable bonds is 2. The lowest BCUT2D eigenvalue weighted by atomic mass is 9.86. The van der Waals surface area contributed by atoms with E-state index < -0.39 is 0 Å². The lowest BCUT2D eigenvalue weighted by molar-refractivity contribution is 0.132. The van der Waals surface area contributed by atoms with Gasteiger partial charge in [0, 0.05) is 38.1 Å². The van der Waals surface area contributed by atoms with Crippen molar-refractivity contribution in [2.75, 3.05) is 26.2 Å². The summed E-state index contributed by atoms with van der Waals surface area (Å²) in [5.74, 6) is 0.510. The number of likely N-dealkylation sites (tertiary alicyclic amines) is 2. The van der Waals surface area contributed by atoms with Crippen LogP contribution in [0, 0.1) is 17.2 Å². The highest BCUT2D eigenvalue weighted by molar-refractivity contribution is 5.74. The molecule has 2 saturated heterocycles. The zero-order valence-corrected chi connectivity index (χ0v) is 16.4. The Balaban J connectivity index is 1.63. The van der Waals surface area contributed by atoms with Gasteiger partial charge in [0.25, 0.3) is 0 Å². The van der Waals surface area contributed by atoms with Crippen LogP contribution in [-0.4, -0.2) is 48.1 Å². The predicted octanol–water partition coefficient (Wildman–Crippen LogP) is 3.50. The maximum atomic E-state index is 13.0. The van der Waals surface area contributed by atoms with E-state index in [-0.39, 0.29) is 18.0 Å². The number of amides is 2. The van der Waals surface area contributed by atoms with Gasteiger partial charge < -0.3 is 15.5 Å². The van der Waals surface area contributed by atoms with E-state index >= 15 is 0 Å². The Bertz CT molecular complexity index is 658. The summed E-state index contributed by atoms with van der Waals surface area (Å²) < 4.78 is 0. The van der Waals surface area contributed by atoms with Gasteiger partial charge in [0.15, 0.2) is 0 Å². The molecule has 5 nitrogen and oxygen atoms in total. The summed E-state index contributed by atoms with van der Waals surface area (Å²) >= 11 is 0. The first-order valence-electron chi connectivity index (χ1n) is 10.4. The average Bonchev–Trinajstić information content (AvgIpc) is 2.70. The Kier molecular flexibility index (Phi) is 6.73. The molecule has 0 aromatic heterocycles. The molecule has 2 N–H and O–H groups in total. The molecule has 0 aliphatic carbocycles. The van der Waals surface area contributed by atoms with Gasteiger partial charge in [-0.25, -0.2) is 4.79 Å². The Morgan fingerprint density at radius 2 is 1.67 bits per heavy atom. The largest absolute Gasteiger partial charge is 0.328 e. The summed E-state index contributed by atoms with van der Waals surface area (Å²) in [6.45, 7) is 5.08. The number of carbonyl (C=O) groups is 1. The van der Waals surface area contributed by atoms with Gasteiger partial charge in [-0.15, -0.1) is 0 Å².